The van der Waals surface area contributed by atoms with Gasteiger partial charge in [0.2, 0.25) is 0 Å². The van der Waals surface area contributed by atoms with Gasteiger partial charge in [-0.2, -0.15) is 0 Å². The minimum absolute atomic E-state index is 0.0663. The van der Waals surface area contributed by atoms with E-state index in [9.17, 15) is 19.2 Å². The largest absolute Gasteiger partial charge is 0.462 e. The molecule has 0 saturated carbocycles. The molecule has 0 aromatic heterocycles. The predicted molar refractivity (Wildman–Crippen MR) is 144 cm³/mol. The van der Waals surface area contributed by atoms with Crippen LogP contribution in [0.2, 0.25) is 0 Å². The van der Waals surface area contributed by atoms with Crippen molar-refractivity contribution in [3.8, 4) is 11.5 Å². The Morgan fingerprint density at radius 1 is 0.842 bits per heavy atom. The molecule has 1 unspecified atom stereocenters. The molecule has 214 valence electrons. The van der Waals surface area contributed by atoms with Gasteiger partial charge in [-0.3, -0.25) is 19.2 Å². The highest BCUT2D eigenvalue weighted by molar-refractivity contribution is 5.81. The van der Waals surface area contributed by atoms with Gasteiger partial charge >= 0.3 is 23.9 Å². The fourth-order valence-electron chi connectivity index (χ4n) is 2.77. The van der Waals surface area contributed by atoms with E-state index in [-0.39, 0.29) is 36.4 Å². The van der Waals surface area contributed by atoms with Crippen molar-refractivity contribution in [2.75, 3.05) is 6.61 Å². The molecular formula is C29H45NO8. The molecule has 3 atom stereocenters. The van der Waals surface area contributed by atoms with Gasteiger partial charge in [-0.15, -0.1) is 0 Å². The molecule has 0 aliphatic heterocycles. The quantitative estimate of drug-likeness (QED) is 0.264. The van der Waals surface area contributed by atoms with E-state index >= 15 is 0 Å². The van der Waals surface area contributed by atoms with Crippen molar-refractivity contribution in [2.45, 2.75) is 100 Å². The normalized spacial score (nSPS) is 14.2. The lowest BCUT2D eigenvalue weighted by atomic mass is 9.90. The smallest absolute Gasteiger partial charge is 0.323 e. The van der Waals surface area contributed by atoms with Gasteiger partial charge in [0.05, 0.1) is 16.7 Å². The van der Waals surface area contributed by atoms with Crippen LogP contribution in [0, 0.1) is 16.7 Å². The van der Waals surface area contributed by atoms with Gasteiger partial charge in [0, 0.05) is 0 Å². The van der Waals surface area contributed by atoms with E-state index in [0.29, 0.717) is 24.8 Å². The lowest BCUT2D eigenvalue weighted by Crippen LogP contribution is -2.37. The highest BCUT2D eigenvalue weighted by Gasteiger charge is 2.31. The molecule has 1 aromatic carbocycles. The summed E-state index contributed by atoms with van der Waals surface area (Å²) >= 11 is 0. The summed E-state index contributed by atoms with van der Waals surface area (Å²) in [6.07, 6.45) is 1.17. The lowest BCUT2D eigenvalue weighted by molar-refractivity contribution is -0.160. The van der Waals surface area contributed by atoms with E-state index in [0.717, 1.165) is 0 Å². The molecule has 1 rings (SSSR count). The predicted octanol–water partition coefficient (Wildman–Crippen LogP) is 4.76. The van der Waals surface area contributed by atoms with Crippen molar-refractivity contribution in [3.05, 3.63) is 23.8 Å². The van der Waals surface area contributed by atoms with Crippen LogP contribution >= 0.6 is 0 Å². The number of nitrogens with two attached hydrogens (primary N) is 1. The standard InChI is InChI=1S/C29H45NO8/c1-10-18(4)24(31)35-17-19(5)36-25(32)21(30)15-20-13-14-22(37-26(33)28(6,7)11-2)23(16-20)38-27(34)29(8,9)12-3/h13-14,16,18-19,21H,10-12,15,17,30H2,1-9H3/t18?,19-,21-/m0/s1. The fraction of sp³-hybridized carbons (Fsp3) is 0.655. The van der Waals surface area contributed by atoms with Crippen molar-refractivity contribution >= 4 is 23.9 Å². The molecule has 9 heteroatoms. The Morgan fingerprint density at radius 3 is 1.87 bits per heavy atom. The minimum atomic E-state index is -1.02. The number of carbonyl (C=O) groups excluding carboxylic acids is 4. The zero-order valence-corrected chi connectivity index (χ0v) is 24.3. The van der Waals surface area contributed by atoms with Gasteiger partial charge in [0.15, 0.2) is 11.5 Å². The Labute approximate surface area is 226 Å². The second kappa shape index (κ2) is 14.3. The van der Waals surface area contributed by atoms with E-state index in [1.165, 1.54) is 12.1 Å². The molecule has 1 aromatic rings. The third kappa shape index (κ3) is 9.74. The summed E-state index contributed by atoms with van der Waals surface area (Å²) in [4.78, 5) is 49.9. The van der Waals surface area contributed by atoms with Crippen LogP contribution in [0.1, 0.15) is 87.1 Å². The zero-order valence-electron chi connectivity index (χ0n) is 24.3. The Morgan fingerprint density at radius 2 is 1.37 bits per heavy atom. The van der Waals surface area contributed by atoms with Gasteiger partial charge in [0.25, 0.3) is 0 Å². The van der Waals surface area contributed by atoms with Crippen LogP contribution in [-0.2, 0) is 35.1 Å². The maximum absolute atomic E-state index is 12.8. The Hall–Kier alpha value is -2.94. The van der Waals surface area contributed by atoms with Gasteiger partial charge in [0.1, 0.15) is 18.8 Å². The average molecular weight is 536 g/mol. The van der Waals surface area contributed by atoms with Crippen molar-refractivity contribution in [1.29, 1.82) is 0 Å². The van der Waals surface area contributed by atoms with Crippen LogP contribution in [0.25, 0.3) is 0 Å². The third-order valence-electron chi connectivity index (χ3n) is 6.84. The first kappa shape index (κ1) is 33.1. The molecular weight excluding hydrogens is 490 g/mol. The molecule has 0 heterocycles. The van der Waals surface area contributed by atoms with E-state index < -0.39 is 40.9 Å². The van der Waals surface area contributed by atoms with Crippen molar-refractivity contribution in [1.82, 2.24) is 0 Å². The molecule has 0 spiro atoms. The summed E-state index contributed by atoms with van der Waals surface area (Å²) in [7, 11) is 0. The molecule has 0 amide bonds. The Bertz CT molecular complexity index is 985. The van der Waals surface area contributed by atoms with Crippen LogP contribution < -0.4 is 15.2 Å². The van der Waals surface area contributed by atoms with Gasteiger partial charge in [-0.05, 0) is 78.0 Å². The molecule has 0 aliphatic rings. The van der Waals surface area contributed by atoms with Crippen LogP contribution in [0.3, 0.4) is 0 Å². The summed E-state index contributed by atoms with van der Waals surface area (Å²) < 4.78 is 21.8. The van der Waals surface area contributed by atoms with Crippen molar-refractivity contribution in [2.24, 2.45) is 22.5 Å². The van der Waals surface area contributed by atoms with E-state index in [4.69, 9.17) is 24.7 Å². The molecule has 0 saturated heterocycles. The number of hydrogen-bond donors (Lipinski definition) is 1. The van der Waals surface area contributed by atoms with E-state index in [1.54, 1.807) is 47.6 Å². The van der Waals surface area contributed by atoms with Crippen LogP contribution in [0.5, 0.6) is 11.5 Å². The van der Waals surface area contributed by atoms with Crippen LogP contribution in [0.4, 0.5) is 0 Å². The second-order valence-electron chi connectivity index (χ2n) is 11.0. The molecule has 38 heavy (non-hydrogen) atoms. The first-order valence-electron chi connectivity index (χ1n) is 13.3. The Balaban J connectivity index is 3.03. The summed E-state index contributed by atoms with van der Waals surface area (Å²) in [5, 5.41) is 0. The number of ether oxygens (including phenoxy) is 4. The first-order valence-corrected chi connectivity index (χ1v) is 13.3. The molecule has 0 bridgehead atoms. The van der Waals surface area contributed by atoms with E-state index in [2.05, 4.69) is 0 Å². The highest BCUT2D eigenvalue weighted by Crippen LogP contribution is 2.34. The third-order valence-corrected chi connectivity index (χ3v) is 6.84. The SMILES string of the molecule is CCC(C)C(=O)OC[C@H](C)OC(=O)[C@@H](N)Cc1ccc(OC(=O)C(C)(C)CC)c(OC(=O)C(C)(C)CC)c1. The summed E-state index contributed by atoms with van der Waals surface area (Å²) in [5.74, 6) is -2.01. The molecule has 0 aliphatic carbocycles. The fourth-order valence-corrected chi connectivity index (χ4v) is 2.77. The summed E-state index contributed by atoms with van der Waals surface area (Å²) in [6.45, 7) is 16.0. The lowest BCUT2D eigenvalue weighted by Gasteiger charge is -2.23. The minimum Gasteiger partial charge on any atom is -0.462 e. The maximum Gasteiger partial charge on any atom is 0.323 e. The van der Waals surface area contributed by atoms with Crippen molar-refractivity contribution < 1.29 is 38.1 Å². The van der Waals surface area contributed by atoms with Crippen molar-refractivity contribution in [3.63, 3.8) is 0 Å². The highest BCUT2D eigenvalue weighted by atomic mass is 16.6. The molecule has 0 radical (unpaired) electrons. The van der Waals surface area contributed by atoms with Crippen LogP contribution in [-0.4, -0.2) is 42.6 Å². The topological polar surface area (TPSA) is 131 Å². The number of benzene rings is 1. The van der Waals surface area contributed by atoms with Gasteiger partial charge in [-0.1, -0.05) is 33.8 Å². The molecule has 9 nitrogen and oxygen atoms in total. The summed E-state index contributed by atoms with van der Waals surface area (Å²) in [6, 6.07) is 3.69. The second-order valence-corrected chi connectivity index (χ2v) is 11.0. The maximum atomic E-state index is 12.8. The zero-order chi connectivity index (χ0) is 29.3. The Kier molecular flexibility index (Phi) is 12.4. The first-order chi connectivity index (χ1) is 17.6. The number of rotatable bonds is 14. The number of carbonyl (C=O) groups is 4. The summed E-state index contributed by atoms with van der Waals surface area (Å²) in [5.41, 5.74) is 5.18. The molecule has 2 N–H and O–H groups in total. The van der Waals surface area contributed by atoms with Gasteiger partial charge in [-0.25, -0.2) is 0 Å². The number of esters is 4. The van der Waals surface area contributed by atoms with E-state index in [1.807, 2.05) is 20.8 Å². The average Bonchev–Trinajstić information content (AvgIpc) is 2.87. The number of hydrogen-bond acceptors (Lipinski definition) is 9. The van der Waals surface area contributed by atoms with Crippen LogP contribution in [0.15, 0.2) is 18.2 Å². The monoisotopic (exact) mass is 535 g/mol. The van der Waals surface area contributed by atoms with Gasteiger partial charge < -0.3 is 24.7 Å². The molecule has 0 fully saturated rings.